The fraction of sp³-hybridized carbons (Fsp3) is 0.500. The van der Waals surface area contributed by atoms with Gasteiger partial charge in [-0.2, -0.15) is 0 Å². The fourth-order valence-corrected chi connectivity index (χ4v) is 3.08. The predicted molar refractivity (Wildman–Crippen MR) is 77.6 cm³/mol. The summed E-state index contributed by atoms with van der Waals surface area (Å²) < 4.78 is 0. The smallest absolute Gasteiger partial charge is 0.252 e. The maximum atomic E-state index is 12.1. The third-order valence-electron chi connectivity index (χ3n) is 3.56. The second kappa shape index (κ2) is 5.98. The molecule has 1 fully saturated rings. The van der Waals surface area contributed by atoms with Crippen LogP contribution in [0, 0.1) is 5.41 Å². The minimum atomic E-state index is 0.0285. The Morgan fingerprint density at radius 1 is 1.44 bits per heavy atom. The van der Waals surface area contributed by atoms with Gasteiger partial charge >= 0.3 is 0 Å². The monoisotopic (exact) mass is 283 g/mol. The van der Waals surface area contributed by atoms with Crippen LogP contribution in [-0.2, 0) is 0 Å². The van der Waals surface area contributed by atoms with Crippen LogP contribution in [0.2, 0.25) is 0 Å². The van der Waals surface area contributed by atoms with Gasteiger partial charge in [0.2, 0.25) is 0 Å². The largest absolute Gasteiger partial charge is 0.351 e. The van der Waals surface area contributed by atoms with Crippen LogP contribution in [0.3, 0.4) is 0 Å². The summed E-state index contributed by atoms with van der Waals surface area (Å²) in [4.78, 5) is 13.2. The van der Waals surface area contributed by atoms with Crippen molar-refractivity contribution >= 4 is 29.3 Å². The molecule has 1 N–H and O–H groups in total. The van der Waals surface area contributed by atoms with Gasteiger partial charge in [-0.25, -0.2) is 0 Å². The summed E-state index contributed by atoms with van der Waals surface area (Å²) in [5.74, 6) is 0.706. The lowest BCUT2D eigenvalue weighted by Crippen LogP contribution is -2.30. The third kappa shape index (κ3) is 3.21. The van der Waals surface area contributed by atoms with Crippen molar-refractivity contribution in [3.05, 3.63) is 29.8 Å². The van der Waals surface area contributed by atoms with Crippen molar-refractivity contribution in [1.82, 2.24) is 5.32 Å². The molecule has 0 atom stereocenters. The van der Waals surface area contributed by atoms with Crippen molar-refractivity contribution in [2.75, 3.05) is 18.7 Å². The SMILES string of the molecule is CSc1ccccc1C(=O)NCC1(CCCl)CC1. The number of rotatable bonds is 6. The van der Waals surface area contributed by atoms with Crippen molar-refractivity contribution in [2.45, 2.75) is 24.2 Å². The molecule has 1 amide bonds. The molecule has 2 rings (SSSR count). The lowest BCUT2D eigenvalue weighted by atomic mass is 10.0. The van der Waals surface area contributed by atoms with Crippen LogP contribution in [-0.4, -0.2) is 24.6 Å². The molecule has 1 saturated carbocycles. The molecular formula is C14H18ClNOS. The first kappa shape index (κ1) is 13.8. The molecule has 4 heteroatoms. The first-order valence-corrected chi connectivity index (χ1v) is 7.94. The van der Waals surface area contributed by atoms with E-state index in [1.807, 2.05) is 30.5 Å². The van der Waals surface area contributed by atoms with Crippen molar-refractivity contribution in [3.63, 3.8) is 0 Å². The predicted octanol–water partition coefficient (Wildman–Crippen LogP) is 3.55. The van der Waals surface area contributed by atoms with Gasteiger partial charge in [0.15, 0.2) is 0 Å². The molecule has 0 saturated heterocycles. The lowest BCUT2D eigenvalue weighted by Gasteiger charge is -2.15. The molecule has 1 aliphatic rings. The number of halogens is 1. The van der Waals surface area contributed by atoms with Gasteiger partial charge in [-0.05, 0) is 43.1 Å². The third-order valence-corrected chi connectivity index (χ3v) is 4.54. The van der Waals surface area contributed by atoms with Crippen LogP contribution in [0.1, 0.15) is 29.6 Å². The van der Waals surface area contributed by atoms with Crippen molar-refractivity contribution in [3.8, 4) is 0 Å². The normalized spacial score (nSPS) is 16.3. The fourth-order valence-electron chi connectivity index (χ4n) is 2.09. The number of benzene rings is 1. The Morgan fingerprint density at radius 3 is 2.78 bits per heavy atom. The van der Waals surface area contributed by atoms with E-state index in [1.54, 1.807) is 11.8 Å². The van der Waals surface area contributed by atoms with Gasteiger partial charge in [-0.1, -0.05) is 12.1 Å². The molecule has 18 heavy (non-hydrogen) atoms. The summed E-state index contributed by atoms with van der Waals surface area (Å²) >= 11 is 7.39. The number of hydrogen-bond acceptors (Lipinski definition) is 2. The lowest BCUT2D eigenvalue weighted by molar-refractivity contribution is 0.0941. The molecule has 0 bridgehead atoms. The van der Waals surface area contributed by atoms with Gasteiger partial charge < -0.3 is 5.32 Å². The first-order valence-electron chi connectivity index (χ1n) is 6.18. The van der Waals surface area contributed by atoms with Crippen molar-refractivity contribution in [1.29, 1.82) is 0 Å². The highest BCUT2D eigenvalue weighted by molar-refractivity contribution is 7.98. The molecule has 1 aliphatic carbocycles. The zero-order valence-electron chi connectivity index (χ0n) is 10.5. The number of amides is 1. The number of carbonyl (C=O) groups is 1. The Balaban J connectivity index is 1.96. The van der Waals surface area contributed by atoms with Crippen molar-refractivity contribution in [2.24, 2.45) is 5.41 Å². The summed E-state index contributed by atoms with van der Waals surface area (Å²) in [7, 11) is 0. The van der Waals surface area contributed by atoms with E-state index in [1.165, 1.54) is 12.8 Å². The molecule has 1 aromatic carbocycles. The van der Waals surface area contributed by atoms with E-state index >= 15 is 0 Å². The van der Waals surface area contributed by atoms with Crippen LogP contribution in [0.15, 0.2) is 29.2 Å². The number of alkyl halides is 1. The average Bonchev–Trinajstić information content (AvgIpc) is 3.16. The quantitative estimate of drug-likeness (QED) is 0.639. The number of carbonyl (C=O) groups excluding carboxylic acids is 1. The molecular weight excluding hydrogens is 266 g/mol. The summed E-state index contributed by atoms with van der Waals surface area (Å²) in [6, 6.07) is 7.71. The van der Waals surface area contributed by atoms with E-state index in [9.17, 15) is 4.79 Å². The Bertz CT molecular complexity index is 432. The van der Waals surface area contributed by atoms with Crippen LogP contribution in [0.4, 0.5) is 0 Å². The molecule has 0 radical (unpaired) electrons. The van der Waals surface area contributed by atoms with Crippen LogP contribution in [0.5, 0.6) is 0 Å². The van der Waals surface area contributed by atoms with Gasteiger partial charge in [0.05, 0.1) is 5.56 Å². The number of thioether (sulfide) groups is 1. The number of nitrogens with one attached hydrogen (secondary N) is 1. The Morgan fingerprint density at radius 2 is 2.17 bits per heavy atom. The molecule has 98 valence electrons. The Kier molecular flexibility index (Phi) is 4.57. The highest BCUT2D eigenvalue weighted by atomic mass is 35.5. The maximum absolute atomic E-state index is 12.1. The van der Waals surface area contributed by atoms with Crippen LogP contribution in [0.25, 0.3) is 0 Å². The van der Waals surface area contributed by atoms with E-state index in [0.29, 0.717) is 5.88 Å². The van der Waals surface area contributed by atoms with E-state index in [0.717, 1.165) is 23.4 Å². The minimum absolute atomic E-state index is 0.0285. The summed E-state index contributed by atoms with van der Waals surface area (Å²) in [5, 5.41) is 3.05. The van der Waals surface area contributed by atoms with Crippen molar-refractivity contribution < 1.29 is 4.79 Å². The highest BCUT2D eigenvalue weighted by Gasteiger charge is 2.41. The van der Waals surface area contributed by atoms with E-state index < -0.39 is 0 Å². The minimum Gasteiger partial charge on any atom is -0.351 e. The zero-order valence-corrected chi connectivity index (χ0v) is 12.1. The van der Waals surface area contributed by atoms with E-state index in [4.69, 9.17) is 11.6 Å². The molecule has 0 heterocycles. The molecule has 0 aliphatic heterocycles. The van der Waals surface area contributed by atoms with Gasteiger partial charge in [0.1, 0.15) is 0 Å². The average molecular weight is 284 g/mol. The number of hydrogen-bond donors (Lipinski definition) is 1. The summed E-state index contributed by atoms with van der Waals surface area (Å²) in [6.45, 7) is 0.751. The maximum Gasteiger partial charge on any atom is 0.252 e. The van der Waals surface area contributed by atoms with E-state index in [2.05, 4.69) is 5.32 Å². The van der Waals surface area contributed by atoms with Gasteiger partial charge in [0.25, 0.3) is 5.91 Å². The summed E-state index contributed by atoms with van der Waals surface area (Å²) in [5.41, 5.74) is 1.05. The van der Waals surface area contributed by atoms with E-state index in [-0.39, 0.29) is 11.3 Å². The highest BCUT2D eigenvalue weighted by Crippen LogP contribution is 2.48. The molecule has 0 unspecified atom stereocenters. The zero-order chi connectivity index (χ0) is 13.0. The molecule has 1 aromatic rings. The van der Waals surface area contributed by atoms with Crippen LogP contribution >= 0.6 is 23.4 Å². The second-order valence-electron chi connectivity index (χ2n) is 4.82. The molecule has 0 spiro atoms. The Hall–Kier alpha value is -0.670. The van der Waals surface area contributed by atoms with Gasteiger partial charge in [-0.3, -0.25) is 4.79 Å². The summed E-state index contributed by atoms with van der Waals surface area (Å²) in [6.07, 6.45) is 5.36. The second-order valence-corrected chi connectivity index (χ2v) is 6.05. The molecule has 2 nitrogen and oxygen atoms in total. The molecule has 0 aromatic heterocycles. The topological polar surface area (TPSA) is 29.1 Å². The van der Waals surface area contributed by atoms with Crippen LogP contribution < -0.4 is 5.32 Å². The van der Waals surface area contributed by atoms with Gasteiger partial charge in [-0.15, -0.1) is 23.4 Å². The first-order chi connectivity index (χ1) is 8.71. The Labute approximate surface area is 117 Å². The standard InChI is InChI=1S/C14H18ClNOS/c1-18-12-5-3-2-4-11(12)13(17)16-10-14(6-7-14)8-9-15/h2-5H,6-10H2,1H3,(H,16,17). The van der Waals surface area contributed by atoms with Gasteiger partial charge in [0, 0.05) is 17.3 Å².